The van der Waals surface area contributed by atoms with Gasteiger partial charge in [-0.25, -0.2) is 0 Å². The van der Waals surface area contributed by atoms with Crippen LogP contribution in [-0.2, 0) is 14.1 Å². The zero-order valence-electron chi connectivity index (χ0n) is 8.29. The Labute approximate surface area is 82.9 Å². The zero-order valence-corrected chi connectivity index (χ0v) is 8.29. The number of rotatable bonds is 1. The van der Waals surface area contributed by atoms with Gasteiger partial charge in [0.25, 0.3) is 0 Å². The second-order valence-electron chi connectivity index (χ2n) is 4.81. The molecule has 2 saturated heterocycles. The summed E-state index contributed by atoms with van der Waals surface area (Å²) in [6.45, 7) is 5.76. The molecule has 0 spiro atoms. The molecule has 4 atom stereocenters. The van der Waals surface area contributed by atoms with Crippen LogP contribution in [0.3, 0.4) is 0 Å². The van der Waals surface area contributed by atoms with E-state index in [0.29, 0.717) is 18.3 Å². The van der Waals surface area contributed by atoms with Crippen LogP contribution in [0.1, 0.15) is 13.3 Å². The molecule has 4 nitrogen and oxygen atoms in total. The molecule has 0 aromatic heterocycles. The van der Waals surface area contributed by atoms with E-state index in [1.807, 2.05) is 0 Å². The van der Waals surface area contributed by atoms with E-state index in [4.69, 9.17) is 9.31 Å². The predicted molar refractivity (Wildman–Crippen MR) is 50.3 cm³/mol. The molecule has 2 unspecified atom stereocenters. The first-order valence-corrected chi connectivity index (χ1v) is 5.20. The summed E-state index contributed by atoms with van der Waals surface area (Å²) in [6.07, 6.45) is 1.12. The lowest BCUT2D eigenvalue weighted by Gasteiger charge is -2.29. The summed E-state index contributed by atoms with van der Waals surface area (Å²) in [5.41, 5.74) is 0. The number of carbonyl (C=O) groups excluding carboxylic acids is 1. The van der Waals surface area contributed by atoms with Crippen LogP contribution in [0, 0.1) is 5.92 Å². The molecule has 5 heteroatoms. The van der Waals surface area contributed by atoms with Crippen LogP contribution in [-0.4, -0.2) is 25.7 Å². The summed E-state index contributed by atoms with van der Waals surface area (Å²) in [5, 5.41) is 0. The lowest BCUT2D eigenvalue weighted by molar-refractivity contribution is -0.778. The number of hydrogen-bond acceptors (Lipinski definition) is 3. The van der Waals surface area contributed by atoms with Gasteiger partial charge in [0.2, 0.25) is 0 Å². The summed E-state index contributed by atoms with van der Waals surface area (Å²) < 4.78 is 11.2. The number of quaternary nitrogens is 1. The average Bonchev–Trinajstić information content (AvgIpc) is 2.61. The van der Waals surface area contributed by atoms with Crippen molar-refractivity contribution in [3.05, 3.63) is 12.3 Å². The summed E-state index contributed by atoms with van der Waals surface area (Å²) >= 11 is 0. The summed E-state index contributed by atoms with van der Waals surface area (Å²) in [4.78, 5) is 12.4. The fourth-order valence-corrected chi connectivity index (χ4v) is 2.94. The molecule has 0 aromatic rings. The molecule has 3 rings (SSSR count). The Morgan fingerprint density at radius 3 is 2.86 bits per heavy atom. The molecule has 14 heavy (non-hydrogen) atoms. The summed E-state index contributed by atoms with van der Waals surface area (Å²) in [7, 11) is 0. The number of nitrogens with one attached hydrogen (secondary N) is 1. The van der Waals surface area contributed by atoms with E-state index < -0.39 is 6.69 Å². The van der Waals surface area contributed by atoms with Crippen LogP contribution in [0.2, 0.25) is 5.82 Å². The molecule has 2 heterocycles. The highest BCUT2D eigenvalue weighted by atomic mass is 16.7. The van der Waals surface area contributed by atoms with Crippen LogP contribution < -0.4 is 4.81 Å². The first kappa shape index (κ1) is 8.35. The van der Waals surface area contributed by atoms with Crippen molar-refractivity contribution < 1.29 is 18.9 Å². The fourth-order valence-electron chi connectivity index (χ4n) is 2.94. The van der Waals surface area contributed by atoms with Crippen molar-refractivity contribution in [2.24, 2.45) is 5.92 Å². The predicted octanol–water partition coefficient (Wildman–Crippen LogP) is -0.679. The summed E-state index contributed by atoms with van der Waals surface area (Å²) in [5.74, 6) is 1.70. The molecule has 2 aliphatic heterocycles. The van der Waals surface area contributed by atoms with Gasteiger partial charge in [0.1, 0.15) is 6.54 Å². The Morgan fingerprint density at radius 1 is 1.50 bits per heavy atom. The second kappa shape index (κ2) is 2.34. The van der Waals surface area contributed by atoms with Crippen molar-refractivity contribution in [1.29, 1.82) is 0 Å². The maximum atomic E-state index is 11.3. The van der Waals surface area contributed by atoms with E-state index >= 15 is 0 Å². The molecule has 0 aromatic carbocycles. The van der Waals surface area contributed by atoms with Crippen LogP contribution >= 0.6 is 0 Å². The topological polar surface area (TPSA) is 40.0 Å². The van der Waals surface area contributed by atoms with Gasteiger partial charge in [-0.2, -0.15) is 0 Å². The van der Waals surface area contributed by atoms with Gasteiger partial charge in [-0.1, -0.05) is 25.8 Å². The smallest absolute Gasteiger partial charge is 0.583 e. The Balaban J connectivity index is 1.93. The van der Waals surface area contributed by atoms with E-state index in [-0.39, 0.29) is 5.97 Å². The first-order valence-electron chi connectivity index (χ1n) is 5.20. The van der Waals surface area contributed by atoms with Gasteiger partial charge in [0, 0.05) is 0 Å². The Kier molecular flexibility index (Phi) is 1.39. The molecule has 1 saturated carbocycles. The van der Waals surface area contributed by atoms with Crippen molar-refractivity contribution in [3.8, 4) is 0 Å². The molecule has 0 bridgehead atoms. The normalized spacial score (nSPS) is 49.9. The third kappa shape index (κ3) is 0.905. The van der Waals surface area contributed by atoms with Gasteiger partial charge in [-0.15, -0.1) is 0 Å². The lowest BCUT2D eigenvalue weighted by atomic mass is 9.64. The third-order valence-corrected chi connectivity index (χ3v) is 3.75. The highest BCUT2D eigenvalue weighted by Crippen LogP contribution is 2.51. The van der Waals surface area contributed by atoms with Crippen molar-refractivity contribution in [1.82, 2.24) is 0 Å². The van der Waals surface area contributed by atoms with Gasteiger partial charge < -0.3 is 14.1 Å². The average molecular weight is 195 g/mol. The largest absolute Gasteiger partial charge is 0.630 e. The van der Waals surface area contributed by atoms with Crippen molar-refractivity contribution >= 4 is 12.7 Å². The second-order valence-corrected chi connectivity index (χ2v) is 4.81. The Hall–Kier alpha value is -0.965. The molecular formula is C9H14BNO3. The fraction of sp³-hybridized carbons (Fsp3) is 0.667. The van der Waals surface area contributed by atoms with Crippen LogP contribution in [0.15, 0.2) is 12.3 Å². The maximum absolute atomic E-state index is 11.3. The van der Waals surface area contributed by atoms with Gasteiger partial charge in [-0.3, -0.25) is 4.79 Å². The summed E-state index contributed by atoms with van der Waals surface area (Å²) in [6, 6.07) is 0. The molecule has 3 aliphatic rings. The number of fused-ring (bicyclic) bond motifs is 1. The molecule has 1 N–H and O–H groups in total. The monoisotopic (exact) mass is 195 g/mol. The third-order valence-electron chi connectivity index (χ3n) is 3.75. The number of hydrogen-bond donors (Lipinski definition) is 1. The number of carbonyl (C=O) groups is 1. The van der Waals surface area contributed by atoms with Gasteiger partial charge >= 0.3 is 12.7 Å². The van der Waals surface area contributed by atoms with Crippen molar-refractivity contribution in [2.75, 3.05) is 13.1 Å². The van der Waals surface area contributed by atoms with Gasteiger partial charge in [0.05, 0.1) is 12.3 Å². The maximum Gasteiger partial charge on any atom is 0.583 e. The Bertz CT molecular complexity index is 310. The van der Waals surface area contributed by atoms with E-state index in [0.717, 1.165) is 23.5 Å². The quantitative estimate of drug-likeness (QED) is 0.563. The highest BCUT2D eigenvalue weighted by Gasteiger charge is 2.67. The Morgan fingerprint density at radius 2 is 2.21 bits per heavy atom. The van der Waals surface area contributed by atoms with Gasteiger partial charge in [-0.05, 0) is 5.82 Å². The minimum Gasteiger partial charge on any atom is -0.630 e. The van der Waals surface area contributed by atoms with E-state index in [1.165, 1.54) is 0 Å². The molecule has 0 radical (unpaired) electrons. The van der Waals surface area contributed by atoms with Crippen LogP contribution in [0.5, 0.6) is 0 Å². The zero-order chi connectivity index (χ0) is 9.92. The highest BCUT2D eigenvalue weighted by molar-refractivity contribution is 6.65. The minimum atomic E-state index is -1.41. The molecule has 0 amide bonds. The molecule has 76 valence electrons. The van der Waals surface area contributed by atoms with Crippen molar-refractivity contribution in [3.63, 3.8) is 0 Å². The van der Waals surface area contributed by atoms with E-state index in [9.17, 15) is 4.79 Å². The molecule has 1 aliphatic carbocycles. The molecular weight excluding hydrogens is 181 g/mol. The van der Waals surface area contributed by atoms with Crippen molar-refractivity contribution in [2.45, 2.75) is 19.2 Å². The van der Waals surface area contributed by atoms with E-state index in [2.05, 4.69) is 13.5 Å². The first-order chi connectivity index (χ1) is 6.62. The van der Waals surface area contributed by atoms with E-state index in [1.54, 1.807) is 0 Å². The standard InChI is InChI=1S/C9H14BNO3/c1-6-3-8(6)10-11(4-7(2)13-10)5-9(12)14-10/h6,8,11H,2-5H2,1H3/t6-,8-,10?/m1/s1. The van der Waals surface area contributed by atoms with Crippen LogP contribution in [0.4, 0.5) is 0 Å². The lowest BCUT2D eigenvalue weighted by Crippen LogP contribution is -3.19. The minimum absolute atomic E-state index is 0.119. The van der Waals surface area contributed by atoms with Gasteiger partial charge in [0.15, 0.2) is 0 Å². The van der Waals surface area contributed by atoms with Crippen LogP contribution in [0.25, 0.3) is 0 Å². The molecule has 3 fully saturated rings. The SMILES string of the molecule is C=C1C[NH+]2CC(=O)O[B-]2([C@@H]2C[C@H]2C)O1.